The van der Waals surface area contributed by atoms with E-state index in [2.05, 4.69) is 26.0 Å². The van der Waals surface area contributed by atoms with Crippen molar-refractivity contribution in [1.29, 1.82) is 0 Å². The molecule has 8 nitrogen and oxygen atoms in total. The number of carbonyl (C=O) groups is 3. The number of hydrogen-bond donors (Lipinski definition) is 1. The third kappa shape index (κ3) is 35.5. The molecule has 0 aromatic heterocycles. The molecule has 0 heterocycles. The lowest BCUT2D eigenvalue weighted by Crippen LogP contribution is -2.50. The van der Waals surface area contributed by atoms with Gasteiger partial charge in [0, 0.05) is 19.3 Å². The molecule has 0 radical (unpaired) electrons. The van der Waals surface area contributed by atoms with Crippen molar-refractivity contribution >= 4 is 17.9 Å². The van der Waals surface area contributed by atoms with Gasteiger partial charge in [0.05, 0.1) is 34.4 Å². The number of carboxylic acids is 1. The largest absolute Gasteiger partial charge is 0.477 e. The van der Waals surface area contributed by atoms with Gasteiger partial charge in [-0.25, -0.2) is 4.79 Å². The Morgan fingerprint density at radius 1 is 0.547 bits per heavy atom. The maximum atomic E-state index is 12.7. The van der Waals surface area contributed by atoms with Crippen LogP contribution < -0.4 is 0 Å². The third-order valence-corrected chi connectivity index (χ3v) is 10.2. The van der Waals surface area contributed by atoms with Gasteiger partial charge >= 0.3 is 17.9 Å². The van der Waals surface area contributed by atoms with Crippen LogP contribution in [-0.4, -0.2) is 80.6 Å². The summed E-state index contributed by atoms with van der Waals surface area (Å²) >= 11 is 0. The molecule has 8 heteroatoms. The van der Waals surface area contributed by atoms with Gasteiger partial charge in [-0.2, -0.15) is 0 Å². The summed E-state index contributed by atoms with van der Waals surface area (Å²) in [5.41, 5.74) is 0. The number of rotatable bonds is 40. The van der Waals surface area contributed by atoms with E-state index in [0.29, 0.717) is 19.3 Å². The Kier molecular flexibility index (Phi) is 35.7. The van der Waals surface area contributed by atoms with Crippen LogP contribution in [-0.2, 0) is 28.6 Å². The smallest absolute Gasteiger partial charge is 0.362 e. The minimum absolute atomic E-state index is 0.0461. The molecule has 2 unspecified atom stereocenters. The minimum Gasteiger partial charge on any atom is -0.477 e. The summed E-state index contributed by atoms with van der Waals surface area (Å²) in [4.78, 5) is 36.9. The van der Waals surface area contributed by atoms with Gasteiger partial charge in [-0.1, -0.05) is 161 Å². The van der Waals surface area contributed by atoms with Gasteiger partial charge < -0.3 is 23.8 Å². The first-order valence-corrected chi connectivity index (χ1v) is 22.2. The summed E-state index contributed by atoms with van der Waals surface area (Å²) in [6.45, 7) is 4.74. The van der Waals surface area contributed by atoms with E-state index in [-0.39, 0.29) is 36.2 Å². The average Bonchev–Trinajstić information content (AvgIpc) is 3.11. The van der Waals surface area contributed by atoms with Crippen LogP contribution in [0.4, 0.5) is 0 Å². The van der Waals surface area contributed by atoms with Gasteiger partial charge in [0.25, 0.3) is 0 Å². The van der Waals surface area contributed by atoms with Gasteiger partial charge in [-0.3, -0.25) is 9.59 Å². The van der Waals surface area contributed by atoms with Gasteiger partial charge in [0.2, 0.25) is 0 Å². The van der Waals surface area contributed by atoms with Crippen LogP contribution in [0.2, 0.25) is 0 Å². The van der Waals surface area contributed by atoms with Crippen LogP contribution in [0.15, 0.2) is 12.2 Å². The zero-order chi connectivity index (χ0) is 39.3. The Labute approximate surface area is 327 Å². The molecule has 0 rings (SSSR count). The Balaban J connectivity index is 4.26. The number of carbonyl (C=O) groups excluding carboxylic acids is 2. The van der Waals surface area contributed by atoms with Crippen molar-refractivity contribution in [3.8, 4) is 0 Å². The number of nitrogens with zero attached hydrogens (tertiary/aromatic N) is 1. The van der Waals surface area contributed by atoms with Gasteiger partial charge in [0.1, 0.15) is 6.61 Å². The number of likely N-dealkylation sites (N-methyl/N-ethyl adjacent to an activating group) is 1. The first-order valence-electron chi connectivity index (χ1n) is 22.2. The number of carboxylic acid groups (broad SMARTS) is 1. The number of hydrogen-bond acceptors (Lipinski definition) is 6. The van der Waals surface area contributed by atoms with Crippen LogP contribution in [0.3, 0.4) is 0 Å². The zero-order valence-electron chi connectivity index (χ0n) is 35.5. The maximum absolute atomic E-state index is 12.7. The van der Waals surface area contributed by atoms with Crippen LogP contribution in [0.5, 0.6) is 0 Å². The molecule has 53 heavy (non-hydrogen) atoms. The minimum atomic E-state index is -0.873. The summed E-state index contributed by atoms with van der Waals surface area (Å²) < 4.78 is 17.3. The van der Waals surface area contributed by atoms with E-state index in [9.17, 15) is 19.5 Å². The standard InChI is InChI=1S/C45H85NO7/c1-6-8-10-12-14-16-18-19-20-21-22-23-24-25-26-28-30-32-34-36-44(48)53-41(39-51-38-37-42(45(49)50)46(3,4)5)40-52-43(47)35-33-31-29-27-17-15-13-11-9-7-2/h19-20,41-42H,6-18,21-40H2,1-5H3/p+1/b20-19-. The summed E-state index contributed by atoms with van der Waals surface area (Å²) in [6, 6.07) is -0.610. The van der Waals surface area contributed by atoms with Crippen LogP contribution >= 0.6 is 0 Å². The van der Waals surface area contributed by atoms with E-state index in [0.717, 1.165) is 38.5 Å². The van der Waals surface area contributed by atoms with E-state index in [1.165, 1.54) is 135 Å². The predicted octanol–water partition coefficient (Wildman–Crippen LogP) is 11.9. The van der Waals surface area contributed by atoms with Crippen molar-refractivity contribution in [2.24, 2.45) is 0 Å². The molecule has 0 aromatic carbocycles. The molecular formula is C45H86NO7+. The second-order valence-electron chi connectivity index (χ2n) is 16.3. The fourth-order valence-corrected chi connectivity index (χ4v) is 6.67. The van der Waals surface area contributed by atoms with Crippen LogP contribution in [0, 0.1) is 0 Å². The van der Waals surface area contributed by atoms with Crippen LogP contribution in [0.1, 0.15) is 206 Å². The number of ether oxygens (including phenoxy) is 3. The van der Waals surface area contributed by atoms with Crippen molar-refractivity contribution in [3.63, 3.8) is 0 Å². The molecule has 0 aliphatic rings. The molecule has 0 spiro atoms. The maximum Gasteiger partial charge on any atom is 0.362 e. The van der Waals surface area contributed by atoms with Gasteiger partial charge in [0.15, 0.2) is 12.1 Å². The van der Waals surface area contributed by atoms with Crippen molar-refractivity contribution < 1.29 is 38.2 Å². The first-order chi connectivity index (χ1) is 25.6. The zero-order valence-corrected chi connectivity index (χ0v) is 35.5. The van der Waals surface area contributed by atoms with E-state index in [1.807, 2.05) is 21.1 Å². The lowest BCUT2D eigenvalue weighted by Gasteiger charge is -2.31. The topological polar surface area (TPSA) is 99.1 Å². The summed E-state index contributed by atoms with van der Waals surface area (Å²) in [5, 5.41) is 9.60. The molecule has 1 N–H and O–H groups in total. The lowest BCUT2D eigenvalue weighted by molar-refractivity contribution is -0.887. The molecule has 312 valence electrons. The summed E-state index contributed by atoms with van der Waals surface area (Å²) in [7, 11) is 5.53. The Hall–Kier alpha value is -1.93. The second-order valence-corrected chi connectivity index (χ2v) is 16.3. The second kappa shape index (κ2) is 37.0. The fourth-order valence-electron chi connectivity index (χ4n) is 6.67. The molecule has 0 amide bonds. The monoisotopic (exact) mass is 753 g/mol. The average molecular weight is 753 g/mol. The van der Waals surface area contributed by atoms with Crippen LogP contribution in [0.25, 0.3) is 0 Å². The number of unbranched alkanes of at least 4 members (excludes halogenated alkanes) is 24. The molecule has 0 bridgehead atoms. The highest BCUT2D eigenvalue weighted by molar-refractivity contribution is 5.72. The van der Waals surface area contributed by atoms with Gasteiger partial charge in [-0.15, -0.1) is 0 Å². The molecule has 0 aromatic rings. The summed E-state index contributed by atoms with van der Waals surface area (Å²) in [5.74, 6) is -1.46. The molecule has 0 fully saturated rings. The first kappa shape index (κ1) is 51.1. The molecule has 0 saturated heterocycles. The molecule has 0 aliphatic heterocycles. The Bertz CT molecular complexity index is 885. The highest BCUT2D eigenvalue weighted by atomic mass is 16.6. The fraction of sp³-hybridized carbons (Fsp3) is 0.889. The third-order valence-electron chi connectivity index (χ3n) is 10.2. The normalized spacial score (nSPS) is 13.0. The van der Waals surface area contributed by atoms with Crippen molar-refractivity contribution in [3.05, 3.63) is 12.2 Å². The van der Waals surface area contributed by atoms with Crippen molar-refractivity contribution in [1.82, 2.24) is 0 Å². The Morgan fingerprint density at radius 3 is 1.36 bits per heavy atom. The molecule has 0 saturated carbocycles. The SMILES string of the molecule is CCCCCCCC/C=C\CCCCCCCCCCCC(=O)OC(COCCC(C(=O)O)[N+](C)(C)C)COC(=O)CCCCCCCCCCCC. The highest BCUT2D eigenvalue weighted by Gasteiger charge is 2.31. The molecular weight excluding hydrogens is 666 g/mol. The number of quaternary nitrogens is 1. The van der Waals surface area contributed by atoms with Gasteiger partial charge in [-0.05, 0) is 38.5 Å². The molecule has 0 aliphatic carbocycles. The van der Waals surface area contributed by atoms with E-state index >= 15 is 0 Å². The number of aliphatic carboxylic acids is 1. The van der Waals surface area contributed by atoms with E-state index < -0.39 is 18.1 Å². The highest BCUT2D eigenvalue weighted by Crippen LogP contribution is 2.15. The predicted molar refractivity (Wildman–Crippen MR) is 220 cm³/mol. The number of esters is 2. The van der Waals surface area contributed by atoms with E-state index in [4.69, 9.17) is 14.2 Å². The lowest BCUT2D eigenvalue weighted by atomic mass is 10.1. The summed E-state index contributed by atoms with van der Waals surface area (Å²) in [6.07, 6.45) is 38.2. The molecule has 2 atom stereocenters. The quantitative estimate of drug-likeness (QED) is 0.0288. The Morgan fingerprint density at radius 2 is 0.943 bits per heavy atom. The number of allylic oxidation sites excluding steroid dienone is 2. The van der Waals surface area contributed by atoms with Crippen molar-refractivity contribution in [2.75, 3.05) is 41.0 Å². The van der Waals surface area contributed by atoms with E-state index in [1.54, 1.807) is 0 Å². The van der Waals surface area contributed by atoms with Crippen molar-refractivity contribution in [2.45, 2.75) is 219 Å².